The number of anilines is 1. The molecule has 0 aromatic heterocycles. The van der Waals surface area contributed by atoms with Gasteiger partial charge in [0, 0.05) is 38.0 Å². The maximum atomic E-state index is 11.9. The number of rotatable bonds is 5. The van der Waals surface area contributed by atoms with Gasteiger partial charge in [-0.2, -0.15) is 0 Å². The number of urea groups is 1. The molecule has 6 nitrogen and oxygen atoms in total. The Hall–Kier alpha value is -2.08. The first kappa shape index (κ1) is 13.4. The van der Waals surface area contributed by atoms with Crippen LogP contribution in [0.2, 0.25) is 0 Å². The standard InChI is InChI=1S/C13H17N3O3/c1-19-8-6-14-12(17)10-3-2-4-11(9-10)16-7-5-15-13(16)18/h2-4,9H,5-8H2,1H3,(H,14,17)(H,15,18). The summed E-state index contributed by atoms with van der Waals surface area (Å²) in [7, 11) is 1.58. The lowest BCUT2D eigenvalue weighted by atomic mass is 10.2. The van der Waals surface area contributed by atoms with Crippen LogP contribution in [0, 0.1) is 0 Å². The van der Waals surface area contributed by atoms with E-state index in [0.717, 1.165) is 5.69 Å². The second-order valence-corrected chi connectivity index (χ2v) is 4.18. The summed E-state index contributed by atoms with van der Waals surface area (Å²) in [5.74, 6) is -0.168. The monoisotopic (exact) mass is 263 g/mol. The molecule has 102 valence electrons. The van der Waals surface area contributed by atoms with Crippen LogP contribution in [-0.2, 0) is 4.74 Å². The highest BCUT2D eigenvalue weighted by molar-refractivity contribution is 5.98. The van der Waals surface area contributed by atoms with Gasteiger partial charge in [0.05, 0.1) is 6.61 Å². The predicted molar refractivity (Wildman–Crippen MR) is 71.4 cm³/mol. The Morgan fingerprint density at radius 1 is 1.53 bits per heavy atom. The molecule has 1 saturated heterocycles. The molecule has 1 fully saturated rings. The van der Waals surface area contributed by atoms with E-state index in [9.17, 15) is 9.59 Å². The third kappa shape index (κ3) is 3.23. The van der Waals surface area contributed by atoms with Crippen LogP contribution in [0.4, 0.5) is 10.5 Å². The lowest BCUT2D eigenvalue weighted by Crippen LogP contribution is -2.29. The number of carbonyl (C=O) groups excluding carboxylic acids is 2. The molecule has 0 unspecified atom stereocenters. The molecule has 6 heteroatoms. The normalized spacial score (nSPS) is 14.4. The van der Waals surface area contributed by atoms with Crippen molar-refractivity contribution in [2.24, 2.45) is 0 Å². The van der Waals surface area contributed by atoms with Crippen LogP contribution in [0.5, 0.6) is 0 Å². The fraction of sp³-hybridized carbons (Fsp3) is 0.385. The minimum Gasteiger partial charge on any atom is -0.383 e. The van der Waals surface area contributed by atoms with Gasteiger partial charge in [-0.05, 0) is 18.2 Å². The van der Waals surface area contributed by atoms with E-state index >= 15 is 0 Å². The van der Waals surface area contributed by atoms with E-state index in [2.05, 4.69) is 10.6 Å². The highest BCUT2D eigenvalue weighted by Crippen LogP contribution is 2.18. The van der Waals surface area contributed by atoms with Crippen molar-refractivity contribution in [3.05, 3.63) is 29.8 Å². The molecule has 1 aromatic carbocycles. The molecule has 0 atom stereocenters. The fourth-order valence-electron chi connectivity index (χ4n) is 1.90. The Bertz CT molecular complexity index is 476. The summed E-state index contributed by atoms with van der Waals surface area (Å²) in [4.78, 5) is 25.1. The maximum Gasteiger partial charge on any atom is 0.321 e. The minimum atomic E-state index is -0.168. The molecule has 1 heterocycles. The topological polar surface area (TPSA) is 70.7 Å². The van der Waals surface area contributed by atoms with Gasteiger partial charge < -0.3 is 15.4 Å². The van der Waals surface area contributed by atoms with Crippen LogP contribution in [-0.4, -0.2) is 45.3 Å². The predicted octanol–water partition coefficient (Wildman–Crippen LogP) is 0.592. The van der Waals surface area contributed by atoms with Crippen molar-refractivity contribution in [1.29, 1.82) is 0 Å². The molecule has 19 heavy (non-hydrogen) atoms. The molecule has 0 saturated carbocycles. The van der Waals surface area contributed by atoms with Crippen molar-refractivity contribution in [3.8, 4) is 0 Å². The smallest absolute Gasteiger partial charge is 0.321 e. The highest BCUT2D eigenvalue weighted by atomic mass is 16.5. The zero-order valence-electron chi connectivity index (χ0n) is 10.8. The van der Waals surface area contributed by atoms with Gasteiger partial charge in [-0.25, -0.2) is 4.79 Å². The summed E-state index contributed by atoms with van der Waals surface area (Å²) < 4.78 is 4.87. The number of benzene rings is 1. The van der Waals surface area contributed by atoms with Crippen LogP contribution >= 0.6 is 0 Å². The lowest BCUT2D eigenvalue weighted by Gasteiger charge is -2.15. The van der Waals surface area contributed by atoms with Crippen molar-refractivity contribution in [3.63, 3.8) is 0 Å². The zero-order valence-corrected chi connectivity index (χ0v) is 10.8. The maximum absolute atomic E-state index is 11.9. The number of methoxy groups -OCH3 is 1. The molecule has 2 rings (SSSR count). The molecule has 2 N–H and O–H groups in total. The van der Waals surface area contributed by atoms with Crippen LogP contribution in [0.25, 0.3) is 0 Å². The molecule has 1 aliphatic heterocycles. The average Bonchev–Trinajstić information content (AvgIpc) is 2.85. The Kier molecular flexibility index (Phi) is 4.35. The molecule has 0 radical (unpaired) electrons. The van der Waals surface area contributed by atoms with Crippen LogP contribution in [0.1, 0.15) is 10.4 Å². The molecule has 0 aliphatic carbocycles. The van der Waals surface area contributed by atoms with Gasteiger partial charge in [0.1, 0.15) is 0 Å². The van der Waals surface area contributed by atoms with E-state index in [0.29, 0.717) is 31.8 Å². The van der Waals surface area contributed by atoms with Crippen molar-refractivity contribution >= 4 is 17.6 Å². The van der Waals surface area contributed by atoms with Crippen LogP contribution < -0.4 is 15.5 Å². The van der Waals surface area contributed by atoms with Gasteiger partial charge in [0.2, 0.25) is 0 Å². The molecule has 3 amide bonds. The fourth-order valence-corrected chi connectivity index (χ4v) is 1.90. The van der Waals surface area contributed by atoms with E-state index in [-0.39, 0.29) is 11.9 Å². The third-order valence-corrected chi connectivity index (χ3v) is 2.87. The van der Waals surface area contributed by atoms with Gasteiger partial charge in [-0.3, -0.25) is 9.69 Å². The van der Waals surface area contributed by atoms with Crippen LogP contribution in [0.15, 0.2) is 24.3 Å². The van der Waals surface area contributed by atoms with Crippen molar-refractivity contribution in [2.45, 2.75) is 0 Å². The quantitative estimate of drug-likeness (QED) is 0.764. The van der Waals surface area contributed by atoms with E-state index in [1.54, 1.807) is 30.2 Å². The summed E-state index contributed by atoms with van der Waals surface area (Å²) >= 11 is 0. The Morgan fingerprint density at radius 2 is 2.37 bits per heavy atom. The summed E-state index contributed by atoms with van der Waals surface area (Å²) in [5.41, 5.74) is 1.27. The molecule has 1 aromatic rings. The van der Waals surface area contributed by atoms with Gasteiger partial charge in [0.25, 0.3) is 5.91 Å². The van der Waals surface area contributed by atoms with Crippen molar-refractivity contribution in [1.82, 2.24) is 10.6 Å². The van der Waals surface area contributed by atoms with E-state index in [1.165, 1.54) is 0 Å². The highest BCUT2D eigenvalue weighted by Gasteiger charge is 2.21. The number of nitrogens with one attached hydrogen (secondary N) is 2. The summed E-state index contributed by atoms with van der Waals surface area (Å²) in [6.45, 7) is 2.18. The third-order valence-electron chi connectivity index (χ3n) is 2.87. The van der Waals surface area contributed by atoms with E-state index in [4.69, 9.17) is 4.74 Å². The van der Waals surface area contributed by atoms with Gasteiger partial charge in [-0.1, -0.05) is 6.07 Å². The number of hydrogen-bond donors (Lipinski definition) is 2. The number of carbonyl (C=O) groups is 2. The molecule has 1 aliphatic rings. The zero-order chi connectivity index (χ0) is 13.7. The molecular weight excluding hydrogens is 246 g/mol. The lowest BCUT2D eigenvalue weighted by molar-refractivity contribution is 0.0937. The van der Waals surface area contributed by atoms with Gasteiger partial charge in [-0.15, -0.1) is 0 Å². The summed E-state index contributed by atoms with van der Waals surface area (Å²) in [5, 5.41) is 5.47. The summed E-state index contributed by atoms with van der Waals surface area (Å²) in [6, 6.07) is 6.90. The second-order valence-electron chi connectivity index (χ2n) is 4.18. The first-order valence-corrected chi connectivity index (χ1v) is 6.15. The molecule has 0 spiro atoms. The number of nitrogens with zero attached hydrogens (tertiary/aromatic N) is 1. The minimum absolute atomic E-state index is 0.128. The first-order valence-electron chi connectivity index (χ1n) is 6.15. The Morgan fingerprint density at radius 3 is 3.05 bits per heavy atom. The van der Waals surface area contributed by atoms with E-state index in [1.807, 2.05) is 6.07 Å². The Labute approximate surface area is 111 Å². The second kappa shape index (κ2) is 6.19. The van der Waals surface area contributed by atoms with Crippen molar-refractivity contribution < 1.29 is 14.3 Å². The van der Waals surface area contributed by atoms with Gasteiger partial charge >= 0.3 is 6.03 Å². The molecule has 0 bridgehead atoms. The van der Waals surface area contributed by atoms with Crippen LogP contribution in [0.3, 0.4) is 0 Å². The SMILES string of the molecule is COCCNC(=O)c1cccc(N2CCNC2=O)c1. The number of ether oxygens (including phenoxy) is 1. The average molecular weight is 263 g/mol. The molecular formula is C13H17N3O3. The largest absolute Gasteiger partial charge is 0.383 e. The number of amides is 3. The van der Waals surface area contributed by atoms with Gasteiger partial charge in [0.15, 0.2) is 0 Å². The first-order chi connectivity index (χ1) is 9.22. The summed E-state index contributed by atoms with van der Waals surface area (Å²) in [6.07, 6.45) is 0. The van der Waals surface area contributed by atoms with E-state index < -0.39 is 0 Å². The number of hydrogen-bond acceptors (Lipinski definition) is 3. The van der Waals surface area contributed by atoms with Crippen molar-refractivity contribution in [2.75, 3.05) is 38.3 Å². The Balaban J connectivity index is 2.06.